The average molecular weight is 236 g/mol. The van der Waals surface area contributed by atoms with Gasteiger partial charge in [0, 0.05) is 5.38 Å². The van der Waals surface area contributed by atoms with E-state index >= 15 is 0 Å². The minimum atomic E-state index is 0.182. The number of alkyl halides is 1. The summed E-state index contributed by atoms with van der Waals surface area (Å²) in [5.41, 5.74) is 1.96. The third-order valence-corrected chi connectivity index (χ3v) is 2.54. The Kier molecular flexibility index (Phi) is 3.57. The van der Waals surface area contributed by atoms with Gasteiger partial charge in [0.2, 0.25) is 0 Å². The van der Waals surface area contributed by atoms with Gasteiger partial charge in [-0.15, -0.1) is 11.6 Å². The minimum absolute atomic E-state index is 0.182. The second-order valence-electron chi connectivity index (χ2n) is 3.78. The van der Waals surface area contributed by atoms with Gasteiger partial charge in [-0.3, -0.25) is 0 Å². The molecule has 2 aromatic rings. The van der Waals surface area contributed by atoms with Crippen molar-refractivity contribution in [2.75, 3.05) is 0 Å². The number of aromatic nitrogens is 3. The van der Waals surface area contributed by atoms with Crippen LogP contribution in [0, 0.1) is 0 Å². The molecule has 0 aliphatic heterocycles. The van der Waals surface area contributed by atoms with Crippen molar-refractivity contribution in [3.05, 3.63) is 42.2 Å². The van der Waals surface area contributed by atoms with Crippen molar-refractivity contribution in [1.82, 2.24) is 15.0 Å². The molecule has 0 bridgehead atoms. The molecule has 0 spiro atoms. The summed E-state index contributed by atoms with van der Waals surface area (Å²) in [6.45, 7) is 1.99. The van der Waals surface area contributed by atoms with E-state index in [1.807, 2.05) is 37.3 Å². The highest BCUT2D eigenvalue weighted by Gasteiger charge is 2.04. The molecule has 2 rings (SSSR count). The number of hydrogen-bond donors (Lipinski definition) is 0. The van der Waals surface area contributed by atoms with E-state index in [1.165, 1.54) is 0 Å². The topological polar surface area (TPSA) is 30.7 Å². The summed E-state index contributed by atoms with van der Waals surface area (Å²) in [5.74, 6) is 0. The molecule has 1 atom stereocenters. The molecular weight excluding hydrogens is 222 g/mol. The summed E-state index contributed by atoms with van der Waals surface area (Å²) in [7, 11) is 0. The van der Waals surface area contributed by atoms with E-state index in [-0.39, 0.29) is 5.38 Å². The number of nitrogens with zero attached hydrogens (tertiary/aromatic N) is 3. The first-order chi connectivity index (χ1) is 7.75. The van der Waals surface area contributed by atoms with Crippen LogP contribution in [0.5, 0.6) is 0 Å². The summed E-state index contributed by atoms with van der Waals surface area (Å²) in [4.78, 5) is 1.65. The first kappa shape index (κ1) is 11.1. The lowest BCUT2D eigenvalue weighted by molar-refractivity contribution is 0.719. The van der Waals surface area contributed by atoms with Gasteiger partial charge in [0.25, 0.3) is 0 Å². The molecule has 0 saturated carbocycles. The number of benzene rings is 1. The van der Waals surface area contributed by atoms with Crippen molar-refractivity contribution in [2.45, 2.75) is 25.1 Å². The van der Waals surface area contributed by atoms with Crippen molar-refractivity contribution in [2.24, 2.45) is 0 Å². The lowest BCUT2D eigenvalue weighted by atomic mass is 10.2. The Morgan fingerprint density at radius 3 is 2.75 bits per heavy atom. The van der Waals surface area contributed by atoms with Gasteiger partial charge in [0.05, 0.1) is 17.6 Å². The summed E-state index contributed by atoms with van der Waals surface area (Å²) in [5, 5.41) is 8.81. The molecule has 0 fully saturated rings. The van der Waals surface area contributed by atoms with Crippen LogP contribution in [-0.2, 0) is 6.42 Å². The van der Waals surface area contributed by atoms with Gasteiger partial charge in [0.15, 0.2) is 0 Å². The average Bonchev–Trinajstić information content (AvgIpc) is 2.76. The van der Waals surface area contributed by atoms with Crippen molar-refractivity contribution in [1.29, 1.82) is 0 Å². The van der Waals surface area contributed by atoms with Crippen LogP contribution in [-0.4, -0.2) is 20.4 Å². The van der Waals surface area contributed by atoms with Crippen LogP contribution in [0.1, 0.15) is 19.0 Å². The van der Waals surface area contributed by atoms with Crippen LogP contribution in [0.25, 0.3) is 5.69 Å². The summed E-state index contributed by atoms with van der Waals surface area (Å²) < 4.78 is 0. The highest BCUT2D eigenvalue weighted by molar-refractivity contribution is 6.20. The van der Waals surface area contributed by atoms with E-state index in [9.17, 15) is 0 Å². The second-order valence-corrected chi connectivity index (χ2v) is 4.53. The van der Waals surface area contributed by atoms with Gasteiger partial charge in [-0.25, -0.2) is 0 Å². The highest BCUT2D eigenvalue weighted by atomic mass is 35.5. The second kappa shape index (κ2) is 5.12. The first-order valence-electron chi connectivity index (χ1n) is 5.36. The van der Waals surface area contributed by atoms with Crippen LogP contribution in [0.4, 0.5) is 0 Å². The Balaban J connectivity index is 2.08. The van der Waals surface area contributed by atoms with E-state index in [4.69, 9.17) is 11.6 Å². The normalized spacial score (nSPS) is 12.6. The smallest absolute Gasteiger partial charge is 0.0856 e. The van der Waals surface area contributed by atoms with E-state index < -0.39 is 0 Å². The maximum atomic E-state index is 5.90. The standard InChI is InChI=1S/C12H14ClN3/c1-10(13)7-8-11-9-14-16(15-11)12-5-3-2-4-6-12/h2-6,9-10H,7-8H2,1H3. The fraction of sp³-hybridized carbons (Fsp3) is 0.333. The van der Waals surface area contributed by atoms with Gasteiger partial charge in [-0.1, -0.05) is 18.2 Å². The third-order valence-electron chi connectivity index (χ3n) is 2.32. The van der Waals surface area contributed by atoms with Crippen molar-refractivity contribution in [3.8, 4) is 5.69 Å². The van der Waals surface area contributed by atoms with Crippen molar-refractivity contribution < 1.29 is 0 Å². The van der Waals surface area contributed by atoms with E-state index in [0.29, 0.717) is 0 Å². The maximum Gasteiger partial charge on any atom is 0.0856 e. The Morgan fingerprint density at radius 1 is 1.31 bits per heavy atom. The Morgan fingerprint density at radius 2 is 2.06 bits per heavy atom. The zero-order valence-electron chi connectivity index (χ0n) is 9.18. The van der Waals surface area contributed by atoms with E-state index in [0.717, 1.165) is 24.2 Å². The fourth-order valence-electron chi connectivity index (χ4n) is 1.44. The Bertz CT molecular complexity index is 437. The molecule has 1 aromatic heterocycles. The van der Waals surface area contributed by atoms with E-state index in [1.54, 1.807) is 11.0 Å². The number of rotatable bonds is 4. The number of halogens is 1. The van der Waals surface area contributed by atoms with Crippen LogP contribution in [0.2, 0.25) is 0 Å². The van der Waals surface area contributed by atoms with Crippen molar-refractivity contribution >= 4 is 11.6 Å². The zero-order valence-corrected chi connectivity index (χ0v) is 9.93. The summed E-state index contributed by atoms with van der Waals surface area (Å²) >= 11 is 5.90. The SMILES string of the molecule is CC(Cl)CCc1cnn(-c2ccccc2)n1. The molecule has 0 N–H and O–H groups in total. The molecule has 3 nitrogen and oxygen atoms in total. The summed E-state index contributed by atoms with van der Waals surface area (Å²) in [6.07, 6.45) is 3.60. The maximum absolute atomic E-state index is 5.90. The van der Waals surface area contributed by atoms with Gasteiger partial charge < -0.3 is 0 Å². The Hall–Kier alpha value is -1.35. The van der Waals surface area contributed by atoms with Crippen LogP contribution in [0.15, 0.2) is 36.5 Å². The van der Waals surface area contributed by atoms with E-state index in [2.05, 4.69) is 10.2 Å². The molecule has 0 saturated heterocycles. The molecule has 1 unspecified atom stereocenters. The minimum Gasteiger partial charge on any atom is -0.157 e. The van der Waals surface area contributed by atoms with Gasteiger partial charge in [0.1, 0.15) is 0 Å². The monoisotopic (exact) mass is 235 g/mol. The number of para-hydroxylation sites is 1. The largest absolute Gasteiger partial charge is 0.157 e. The summed E-state index contributed by atoms with van der Waals surface area (Å²) in [6, 6.07) is 9.88. The first-order valence-corrected chi connectivity index (χ1v) is 5.80. The molecule has 1 heterocycles. The van der Waals surface area contributed by atoms with Crippen LogP contribution >= 0.6 is 11.6 Å². The van der Waals surface area contributed by atoms with Crippen LogP contribution < -0.4 is 0 Å². The quantitative estimate of drug-likeness (QED) is 0.763. The molecule has 4 heteroatoms. The number of hydrogen-bond acceptors (Lipinski definition) is 2. The van der Waals surface area contributed by atoms with Crippen LogP contribution in [0.3, 0.4) is 0 Å². The molecule has 0 aliphatic rings. The van der Waals surface area contributed by atoms with Gasteiger partial charge in [-0.05, 0) is 31.9 Å². The molecule has 1 aromatic carbocycles. The zero-order chi connectivity index (χ0) is 11.4. The predicted octanol–water partition coefficient (Wildman–Crippen LogP) is 2.83. The van der Waals surface area contributed by atoms with Crippen molar-refractivity contribution in [3.63, 3.8) is 0 Å². The molecular formula is C12H14ClN3. The fourth-order valence-corrected chi connectivity index (χ4v) is 1.55. The Labute approximate surface area is 100 Å². The highest BCUT2D eigenvalue weighted by Crippen LogP contribution is 2.08. The molecule has 84 valence electrons. The number of aryl methyl sites for hydroxylation is 1. The lowest BCUT2D eigenvalue weighted by Crippen LogP contribution is -2.00. The lowest BCUT2D eigenvalue weighted by Gasteiger charge is -1.99. The van der Waals surface area contributed by atoms with Gasteiger partial charge in [-0.2, -0.15) is 15.0 Å². The third kappa shape index (κ3) is 2.83. The molecule has 0 radical (unpaired) electrons. The molecule has 16 heavy (non-hydrogen) atoms. The van der Waals surface area contributed by atoms with Gasteiger partial charge >= 0.3 is 0 Å². The molecule has 0 aliphatic carbocycles. The predicted molar refractivity (Wildman–Crippen MR) is 65.0 cm³/mol. The molecule has 0 amide bonds.